The van der Waals surface area contributed by atoms with Crippen LogP contribution in [-0.2, 0) is 6.54 Å². The molecular weight excluding hydrogens is 272 g/mol. The quantitative estimate of drug-likeness (QED) is 0.820. The molecule has 2 aromatic rings. The highest BCUT2D eigenvalue weighted by Crippen LogP contribution is 2.27. The summed E-state index contributed by atoms with van der Waals surface area (Å²) in [6, 6.07) is 5.71. The van der Waals surface area contributed by atoms with Crippen molar-refractivity contribution in [3.63, 3.8) is 0 Å². The number of thiazole rings is 1. The average Bonchev–Trinajstić information content (AvgIpc) is 2.97. The molecule has 1 aromatic carbocycles. The summed E-state index contributed by atoms with van der Waals surface area (Å²) in [6.45, 7) is 5.31. The SMILES string of the molecule is CCOc1cc(CNC(CC)c2nccs2)ccc1O. The lowest BCUT2D eigenvalue weighted by atomic mass is 10.1. The van der Waals surface area contributed by atoms with Gasteiger partial charge in [0, 0.05) is 18.1 Å². The summed E-state index contributed by atoms with van der Waals surface area (Å²) in [5, 5.41) is 16.3. The lowest BCUT2D eigenvalue weighted by Gasteiger charge is -2.15. The summed E-state index contributed by atoms with van der Waals surface area (Å²) < 4.78 is 5.39. The van der Waals surface area contributed by atoms with Crippen LogP contribution in [0.15, 0.2) is 29.8 Å². The van der Waals surface area contributed by atoms with Crippen molar-refractivity contribution in [3.05, 3.63) is 40.3 Å². The molecular formula is C15H20N2O2S. The van der Waals surface area contributed by atoms with E-state index in [2.05, 4.69) is 17.2 Å². The zero-order valence-corrected chi connectivity index (χ0v) is 12.6. The summed E-state index contributed by atoms with van der Waals surface area (Å²) in [5.41, 5.74) is 1.08. The molecule has 1 heterocycles. The van der Waals surface area contributed by atoms with Crippen LogP contribution in [0.2, 0.25) is 0 Å². The molecule has 0 saturated carbocycles. The normalized spacial score (nSPS) is 12.3. The highest BCUT2D eigenvalue weighted by atomic mass is 32.1. The highest BCUT2D eigenvalue weighted by Gasteiger charge is 2.11. The highest BCUT2D eigenvalue weighted by molar-refractivity contribution is 7.09. The molecule has 0 saturated heterocycles. The molecule has 2 rings (SSSR count). The van der Waals surface area contributed by atoms with Crippen molar-refractivity contribution in [3.8, 4) is 11.5 Å². The van der Waals surface area contributed by atoms with Gasteiger partial charge in [-0.25, -0.2) is 4.98 Å². The zero-order valence-electron chi connectivity index (χ0n) is 11.8. The van der Waals surface area contributed by atoms with Crippen LogP contribution in [0.4, 0.5) is 0 Å². The summed E-state index contributed by atoms with van der Waals surface area (Å²) in [7, 11) is 0. The van der Waals surface area contributed by atoms with E-state index in [1.807, 2.05) is 30.6 Å². The Hall–Kier alpha value is -1.59. The first kappa shape index (κ1) is 14.8. The number of phenolic OH excluding ortho intramolecular Hbond substituents is 1. The van der Waals surface area contributed by atoms with Gasteiger partial charge in [-0.05, 0) is 31.0 Å². The van der Waals surface area contributed by atoms with Crippen molar-refractivity contribution >= 4 is 11.3 Å². The van der Waals surface area contributed by atoms with Crippen LogP contribution in [0.25, 0.3) is 0 Å². The summed E-state index contributed by atoms with van der Waals surface area (Å²) in [4.78, 5) is 4.35. The van der Waals surface area contributed by atoms with E-state index < -0.39 is 0 Å². The Morgan fingerprint density at radius 3 is 2.90 bits per heavy atom. The lowest BCUT2D eigenvalue weighted by molar-refractivity contribution is 0.317. The molecule has 0 spiro atoms. The van der Waals surface area contributed by atoms with Crippen molar-refractivity contribution in [2.45, 2.75) is 32.9 Å². The van der Waals surface area contributed by atoms with Crippen LogP contribution in [0.1, 0.15) is 36.9 Å². The Morgan fingerprint density at radius 1 is 1.40 bits per heavy atom. The zero-order chi connectivity index (χ0) is 14.4. The predicted octanol–water partition coefficient (Wildman–Crippen LogP) is 3.49. The van der Waals surface area contributed by atoms with E-state index >= 15 is 0 Å². The number of benzene rings is 1. The fourth-order valence-corrected chi connectivity index (χ4v) is 2.79. The van der Waals surface area contributed by atoms with Gasteiger partial charge in [0.1, 0.15) is 5.01 Å². The van der Waals surface area contributed by atoms with Gasteiger partial charge >= 0.3 is 0 Å². The molecule has 20 heavy (non-hydrogen) atoms. The van der Waals surface area contributed by atoms with Gasteiger partial charge in [0.25, 0.3) is 0 Å². The Morgan fingerprint density at radius 2 is 2.25 bits per heavy atom. The molecule has 0 bridgehead atoms. The lowest BCUT2D eigenvalue weighted by Crippen LogP contribution is -2.20. The Labute approximate surface area is 123 Å². The monoisotopic (exact) mass is 292 g/mol. The topological polar surface area (TPSA) is 54.4 Å². The summed E-state index contributed by atoms with van der Waals surface area (Å²) in [5.74, 6) is 0.719. The Balaban J connectivity index is 2.01. The van der Waals surface area contributed by atoms with Crippen molar-refractivity contribution in [2.24, 2.45) is 0 Å². The second kappa shape index (κ2) is 7.26. The van der Waals surface area contributed by atoms with Gasteiger partial charge in [0.2, 0.25) is 0 Å². The number of nitrogens with one attached hydrogen (secondary N) is 1. The number of aromatic nitrogens is 1. The van der Waals surface area contributed by atoms with Crippen molar-refractivity contribution in [1.82, 2.24) is 10.3 Å². The van der Waals surface area contributed by atoms with Gasteiger partial charge in [-0.3, -0.25) is 0 Å². The van der Waals surface area contributed by atoms with E-state index in [1.54, 1.807) is 17.4 Å². The van der Waals surface area contributed by atoms with E-state index in [4.69, 9.17) is 4.74 Å². The molecule has 2 N–H and O–H groups in total. The summed E-state index contributed by atoms with van der Waals surface area (Å²) >= 11 is 1.67. The number of ether oxygens (including phenoxy) is 1. The second-order valence-corrected chi connectivity index (χ2v) is 5.37. The maximum atomic E-state index is 9.69. The maximum absolute atomic E-state index is 9.69. The van der Waals surface area contributed by atoms with E-state index in [9.17, 15) is 5.11 Å². The average molecular weight is 292 g/mol. The Kier molecular flexibility index (Phi) is 5.38. The van der Waals surface area contributed by atoms with Gasteiger partial charge in [0.05, 0.1) is 12.6 Å². The second-order valence-electron chi connectivity index (χ2n) is 4.45. The van der Waals surface area contributed by atoms with Gasteiger partial charge in [-0.15, -0.1) is 11.3 Å². The fraction of sp³-hybridized carbons (Fsp3) is 0.400. The minimum Gasteiger partial charge on any atom is -0.504 e. The van der Waals surface area contributed by atoms with E-state index in [-0.39, 0.29) is 11.8 Å². The number of phenols is 1. The number of nitrogens with zero attached hydrogens (tertiary/aromatic N) is 1. The standard InChI is InChI=1S/C15H20N2O2S/c1-3-12(15-16-7-8-20-15)17-10-11-5-6-13(18)14(9-11)19-4-2/h5-9,12,17-18H,3-4,10H2,1-2H3. The number of rotatable bonds is 7. The number of hydrogen-bond donors (Lipinski definition) is 2. The number of aromatic hydroxyl groups is 1. The summed E-state index contributed by atoms with van der Waals surface area (Å²) in [6.07, 6.45) is 2.82. The minimum atomic E-state index is 0.183. The largest absolute Gasteiger partial charge is 0.504 e. The van der Waals surface area contributed by atoms with E-state index in [0.717, 1.165) is 23.5 Å². The third kappa shape index (κ3) is 3.71. The van der Waals surface area contributed by atoms with E-state index in [1.165, 1.54) is 0 Å². The first-order valence-electron chi connectivity index (χ1n) is 6.82. The smallest absolute Gasteiger partial charge is 0.161 e. The molecule has 1 aromatic heterocycles. The van der Waals surface area contributed by atoms with Crippen LogP contribution in [0, 0.1) is 0 Å². The van der Waals surface area contributed by atoms with E-state index in [0.29, 0.717) is 12.4 Å². The predicted molar refractivity (Wildman–Crippen MR) is 81.3 cm³/mol. The third-order valence-electron chi connectivity index (χ3n) is 3.03. The van der Waals surface area contributed by atoms with Crippen molar-refractivity contribution in [2.75, 3.05) is 6.61 Å². The molecule has 0 aliphatic carbocycles. The molecule has 1 unspecified atom stereocenters. The van der Waals surface area contributed by atoms with Gasteiger partial charge in [-0.1, -0.05) is 13.0 Å². The molecule has 0 amide bonds. The van der Waals surface area contributed by atoms with Gasteiger partial charge in [0.15, 0.2) is 11.5 Å². The molecule has 0 aliphatic rings. The molecule has 0 radical (unpaired) electrons. The van der Waals surface area contributed by atoms with Crippen LogP contribution in [0.3, 0.4) is 0 Å². The first-order valence-corrected chi connectivity index (χ1v) is 7.70. The van der Waals surface area contributed by atoms with Crippen LogP contribution in [0.5, 0.6) is 11.5 Å². The van der Waals surface area contributed by atoms with Crippen molar-refractivity contribution < 1.29 is 9.84 Å². The molecule has 4 nitrogen and oxygen atoms in total. The number of hydrogen-bond acceptors (Lipinski definition) is 5. The first-order chi connectivity index (χ1) is 9.74. The maximum Gasteiger partial charge on any atom is 0.161 e. The molecule has 1 atom stereocenters. The molecule has 0 aliphatic heterocycles. The van der Waals surface area contributed by atoms with Crippen LogP contribution >= 0.6 is 11.3 Å². The molecule has 108 valence electrons. The Bertz CT molecular complexity index is 529. The van der Waals surface area contributed by atoms with Crippen LogP contribution < -0.4 is 10.1 Å². The molecule has 0 fully saturated rings. The minimum absolute atomic E-state index is 0.183. The fourth-order valence-electron chi connectivity index (χ4n) is 1.99. The van der Waals surface area contributed by atoms with Crippen molar-refractivity contribution in [1.29, 1.82) is 0 Å². The van der Waals surface area contributed by atoms with Crippen LogP contribution in [-0.4, -0.2) is 16.7 Å². The molecule has 5 heteroatoms. The third-order valence-corrected chi connectivity index (χ3v) is 3.92. The van der Waals surface area contributed by atoms with Gasteiger partial charge in [-0.2, -0.15) is 0 Å². The van der Waals surface area contributed by atoms with Gasteiger partial charge < -0.3 is 15.2 Å².